The Labute approximate surface area is 173 Å². The quantitative estimate of drug-likeness (QED) is 0.317. The number of hydroxylamine groups is 1. The summed E-state index contributed by atoms with van der Waals surface area (Å²) in [7, 11) is 0. The second-order valence-electron chi connectivity index (χ2n) is 5.47. The Hall–Kier alpha value is -3.00. The van der Waals surface area contributed by atoms with E-state index >= 15 is 0 Å². The maximum atomic E-state index is 12.0. The van der Waals surface area contributed by atoms with Crippen LogP contribution in [0.5, 0.6) is 0 Å². The molecule has 1 atom stereocenters. The molecule has 2 heterocycles. The maximum Gasteiger partial charge on any atom is 0.365 e. The van der Waals surface area contributed by atoms with Gasteiger partial charge in [-0.05, 0) is 5.56 Å². The summed E-state index contributed by atoms with van der Waals surface area (Å²) in [5.41, 5.74) is 9.15. The molecule has 3 rings (SSSR count). The van der Waals surface area contributed by atoms with Crippen LogP contribution in [0, 0.1) is 0 Å². The van der Waals surface area contributed by atoms with Gasteiger partial charge in [-0.15, -0.1) is 0 Å². The molecule has 29 heavy (non-hydrogen) atoms. The fourth-order valence-electron chi connectivity index (χ4n) is 2.39. The number of anilines is 1. The largest absolute Gasteiger partial charge is 0.476 e. The number of carbonyl (C=O) groups is 2. The Morgan fingerprint density at radius 3 is 2.79 bits per heavy atom. The highest BCUT2D eigenvalue weighted by Gasteiger charge is 2.34. The van der Waals surface area contributed by atoms with Crippen molar-refractivity contribution in [2.45, 2.75) is 5.50 Å². The van der Waals surface area contributed by atoms with Crippen LogP contribution >= 0.6 is 24.0 Å². The number of carboxylic acid groups (broad SMARTS) is 1. The maximum absolute atomic E-state index is 12.0. The number of thioether (sulfide) groups is 1. The highest BCUT2D eigenvalue weighted by molar-refractivity contribution is 8.09. The van der Waals surface area contributed by atoms with Crippen LogP contribution in [0.4, 0.5) is 5.82 Å². The Morgan fingerprint density at radius 2 is 2.14 bits per heavy atom. The molecule has 152 valence electrons. The van der Waals surface area contributed by atoms with Crippen molar-refractivity contribution in [1.29, 1.82) is 0 Å². The first kappa shape index (κ1) is 20.7. The lowest BCUT2D eigenvalue weighted by molar-refractivity contribution is -0.150. The normalized spacial score (nSPS) is 16.0. The molecule has 1 aliphatic heterocycles. The number of nitrogens with zero attached hydrogens (tertiary/aromatic N) is 3. The number of ether oxygens (including phenoxy) is 1. The zero-order valence-corrected chi connectivity index (χ0v) is 16.3. The summed E-state index contributed by atoms with van der Waals surface area (Å²) >= 11 is 5.85. The van der Waals surface area contributed by atoms with Crippen molar-refractivity contribution >= 4 is 51.6 Å². The van der Waals surface area contributed by atoms with Gasteiger partial charge in [0, 0.05) is 10.2 Å². The van der Waals surface area contributed by atoms with Crippen molar-refractivity contribution in [1.82, 2.24) is 15.9 Å². The van der Waals surface area contributed by atoms with Crippen LogP contribution in [0.25, 0.3) is 4.91 Å². The number of hydrogen-bond donors (Lipinski definition) is 3. The van der Waals surface area contributed by atoms with Crippen molar-refractivity contribution in [2.24, 2.45) is 5.73 Å². The minimum atomic E-state index is -1.38. The molecule has 2 aromatic rings. The summed E-state index contributed by atoms with van der Waals surface area (Å²) < 4.78 is 10.1. The average molecular weight is 437 g/mol. The van der Waals surface area contributed by atoms with E-state index < -0.39 is 29.0 Å². The second kappa shape index (κ2) is 9.47. The number of esters is 1. The van der Waals surface area contributed by atoms with Gasteiger partial charge in [0.15, 0.2) is 18.7 Å². The molecule has 0 aliphatic carbocycles. The smallest absolute Gasteiger partial charge is 0.365 e. The van der Waals surface area contributed by atoms with E-state index in [2.05, 4.69) is 22.6 Å². The van der Waals surface area contributed by atoms with Gasteiger partial charge in [-0.1, -0.05) is 59.4 Å². The zero-order valence-electron chi connectivity index (χ0n) is 14.7. The molecule has 13 heteroatoms. The summed E-state index contributed by atoms with van der Waals surface area (Å²) in [6.45, 7) is -0.685. The van der Waals surface area contributed by atoms with E-state index in [-0.39, 0.29) is 6.61 Å². The van der Waals surface area contributed by atoms with Gasteiger partial charge >= 0.3 is 11.9 Å². The number of rotatable bonds is 7. The van der Waals surface area contributed by atoms with Crippen LogP contribution < -0.4 is 16.1 Å². The van der Waals surface area contributed by atoms with E-state index in [4.69, 9.17) is 24.9 Å². The molecule has 0 amide bonds. The van der Waals surface area contributed by atoms with Gasteiger partial charge in [-0.25, -0.2) is 15.1 Å². The summed E-state index contributed by atoms with van der Waals surface area (Å²) in [6.07, 6.45) is 1.33. The van der Waals surface area contributed by atoms with Crippen LogP contribution in [0.2, 0.25) is 0 Å². The molecular weight excluding hydrogens is 422 g/mol. The van der Waals surface area contributed by atoms with Gasteiger partial charge in [0.2, 0.25) is 4.99 Å². The van der Waals surface area contributed by atoms with Crippen molar-refractivity contribution in [3.05, 3.63) is 47.9 Å². The standard InChI is InChI=1S/C16H15N5O6S2/c17-16-21(11-7-27-20-18-11)10(13(29-16)9-4-2-1-3-5-9)6-25-12(22)8-26-19-14(28)15(23)24/h1-5,7,16H,6,8,17H2,(H,19,28)(H,23,24). The van der Waals surface area contributed by atoms with Crippen LogP contribution in [-0.2, 0) is 19.2 Å². The Balaban J connectivity index is 1.72. The lowest BCUT2D eigenvalue weighted by Gasteiger charge is -2.22. The van der Waals surface area contributed by atoms with E-state index in [1.54, 1.807) is 4.90 Å². The highest BCUT2D eigenvalue weighted by Crippen LogP contribution is 2.43. The number of carbonyl (C=O) groups excluding carboxylic acids is 1. The first-order chi connectivity index (χ1) is 14.0. The lowest BCUT2D eigenvalue weighted by Crippen LogP contribution is -2.37. The zero-order chi connectivity index (χ0) is 20.8. The topological polar surface area (TPSA) is 153 Å². The van der Waals surface area contributed by atoms with E-state index in [0.29, 0.717) is 11.5 Å². The highest BCUT2D eigenvalue weighted by atomic mass is 32.2. The number of benzene rings is 1. The fourth-order valence-corrected chi connectivity index (χ4v) is 3.60. The van der Waals surface area contributed by atoms with Crippen LogP contribution in [-0.4, -0.2) is 51.1 Å². The second-order valence-corrected chi connectivity index (χ2v) is 7.00. The predicted octanol–water partition coefficient (Wildman–Crippen LogP) is 0.710. The summed E-state index contributed by atoms with van der Waals surface area (Å²) in [4.78, 5) is 29.1. The Kier molecular flexibility index (Phi) is 6.77. The molecule has 0 bridgehead atoms. The number of carboxylic acids is 1. The number of aliphatic carboxylic acids is 1. The van der Waals surface area contributed by atoms with Gasteiger partial charge in [0.05, 0.1) is 5.70 Å². The summed E-state index contributed by atoms with van der Waals surface area (Å²) in [5, 5.41) is 16.0. The van der Waals surface area contributed by atoms with Crippen LogP contribution in [0.1, 0.15) is 5.56 Å². The van der Waals surface area contributed by atoms with E-state index in [1.165, 1.54) is 18.0 Å². The lowest BCUT2D eigenvalue weighted by atomic mass is 10.2. The van der Waals surface area contributed by atoms with Crippen LogP contribution in [0.3, 0.4) is 0 Å². The number of nitrogens with two attached hydrogens (primary N) is 1. The molecular formula is C16H15N5O6S2. The molecule has 1 aromatic carbocycles. The van der Waals surface area contributed by atoms with Gasteiger partial charge in [0.25, 0.3) is 0 Å². The van der Waals surface area contributed by atoms with Gasteiger partial charge in [0.1, 0.15) is 12.1 Å². The van der Waals surface area contributed by atoms with E-state index in [1.807, 2.05) is 35.8 Å². The van der Waals surface area contributed by atoms with Gasteiger partial charge in [-0.2, -0.15) is 0 Å². The number of nitrogens with one attached hydrogen (secondary N) is 1. The van der Waals surface area contributed by atoms with Crippen LogP contribution in [0.15, 0.2) is 46.8 Å². The van der Waals surface area contributed by atoms with E-state index in [0.717, 1.165) is 10.5 Å². The number of hydrogen-bond acceptors (Lipinski definition) is 11. The molecule has 1 unspecified atom stereocenters. The van der Waals surface area contributed by atoms with E-state index in [9.17, 15) is 9.59 Å². The molecule has 0 fully saturated rings. The molecule has 0 spiro atoms. The van der Waals surface area contributed by atoms with Crippen molar-refractivity contribution < 1.29 is 28.8 Å². The summed E-state index contributed by atoms with van der Waals surface area (Å²) in [6, 6.07) is 9.45. The minimum absolute atomic E-state index is 0.136. The first-order valence-electron chi connectivity index (χ1n) is 8.05. The third-order valence-electron chi connectivity index (χ3n) is 3.60. The average Bonchev–Trinajstić information content (AvgIpc) is 3.34. The first-order valence-corrected chi connectivity index (χ1v) is 9.34. The number of thiocarbonyl (C=S) groups is 1. The Morgan fingerprint density at radius 1 is 1.38 bits per heavy atom. The SMILES string of the molecule is NC1SC(c2ccccc2)=C(COC(=O)CONC(=S)C(=O)O)N1c1conn1. The molecule has 4 N–H and O–H groups in total. The molecule has 0 saturated carbocycles. The molecule has 0 radical (unpaired) electrons. The summed E-state index contributed by atoms with van der Waals surface area (Å²) in [5.74, 6) is -1.75. The van der Waals surface area contributed by atoms with Crippen molar-refractivity contribution in [3.8, 4) is 0 Å². The monoisotopic (exact) mass is 437 g/mol. The molecule has 0 saturated heterocycles. The Bertz CT molecular complexity index is 921. The molecule has 1 aromatic heterocycles. The molecule has 1 aliphatic rings. The third-order valence-corrected chi connectivity index (χ3v) is 5.01. The van der Waals surface area contributed by atoms with Crippen molar-refractivity contribution in [2.75, 3.05) is 18.1 Å². The number of aromatic nitrogens is 2. The predicted molar refractivity (Wildman–Crippen MR) is 106 cm³/mol. The third kappa shape index (κ3) is 5.08. The van der Waals surface area contributed by atoms with Gasteiger partial charge < -0.3 is 20.1 Å². The molecule has 11 nitrogen and oxygen atoms in total. The van der Waals surface area contributed by atoms with Gasteiger partial charge in [-0.3, -0.25) is 9.74 Å². The fraction of sp³-hybridized carbons (Fsp3) is 0.188. The minimum Gasteiger partial charge on any atom is -0.476 e. The van der Waals surface area contributed by atoms with Crippen molar-refractivity contribution in [3.63, 3.8) is 0 Å².